The predicted molar refractivity (Wildman–Crippen MR) is 44.9 cm³/mol. The van der Waals surface area contributed by atoms with Crippen LogP contribution in [0.15, 0.2) is 22.8 Å². The zero-order chi connectivity index (χ0) is 9.10. The van der Waals surface area contributed by atoms with Crippen LogP contribution in [0.2, 0.25) is 0 Å². The highest BCUT2D eigenvalue weighted by atomic mass is 16.5. The molecule has 1 unspecified atom stereocenters. The van der Waals surface area contributed by atoms with Crippen molar-refractivity contribution in [1.29, 1.82) is 0 Å². The second-order valence-corrected chi connectivity index (χ2v) is 2.97. The molecule has 1 aromatic heterocycles. The van der Waals surface area contributed by atoms with E-state index in [0.29, 0.717) is 13.2 Å². The highest BCUT2D eigenvalue weighted by molar-refractivity contribution is 5.77. The third-order valence-electron chi connectivity index (χ3n) is 2.04. The monoisotopic (exact) mass is 181 g/mol. The van der Waals surface area contributed by atoms with Gasteiger partial charge in [-0.3, -0.25) is 10.1 Å². The molecular weight excluding hydrogens is 170 g/mol. The Bertz CT molecular complexity index is 281. The molecular formula is C9H11NO3. The zero-order valence-corrected chi connectivity index (χ0v) is 7.16. The molecule has 0 aliphatic carbocycles. The van der Waals surface area contributed by atoms with E-state index in [1.165, 1.54) is 0 Å². The quantitative estimate of drug-likeness (QED) is 0.697. The normalized spacial score (nSPS) is 21.8. The van der Waals surface area contributed by atoms with Crippen LogP contribution in [0.5, 0.6) is 0 Å². The van der Waals surface area contributed by atoms with Crippen LogP contribution < -0.4 is 5.32 Å². The maximum absolute atomic E-state index is 11.0. The van der Waals surface area contributed by atoms with Gasteiger partial charge in [0.15, 0.2) is 0 Å². The van der Waals surface area contributed by atoms with Gasteiger partial charge in [-0.1, -0.05) is 0 Å². The number of rotatable bonds is 3. The smallest absolute Gasteiger partial charge is 0.323 e. The molecule has 1 atom stereocenters. The van der Waals surface area contributed by atoms with Gasteiger partial charge in [-0.2, -0.15) is 0 Å². The average molecular weight is 181 g/mol. The van der Waals surface area contributed by atoms with E-state index in [9.17, 15) is 4.79 Å². The molecule has 70 valence electrons. The number of hydrogen-bond donors (Lipinski definition) is 1. The minimum Gasteiger partial charge on any atom is -0.468 e. The van der Waals surface area contributed by atoms with Crippen molar-refractivity contribution in [2.75, 3.05) is 6.61 Å². The lowest BCUT2D eigenvalue weighted by atomic mass is 10.2. The number of carbonyl (C=O) groups excluding carboxylic acids is 1. The molecule has 0 bridgehead atoms. The van der Waals surface area contributed by atoms with Gasteiger partial charge in [-0.15, -0.1) is 0 Å². The Morgan fingerprint density at radius 3 is 3.15 bits per heavy atom. The van der Waals surface area contributed by atoms with E-state index in [2.05, 4.69) is 5.32 Å². The van der Waals surface area contributed by atoms with Gasteiger partial charge >= 0.3 is 5.97 Å². The summed E-state index contributed by atoms with van der Waals surface area (Å²) in [7, 11) is 0. The first-order valence-electron chi connectivity index (χ1n) is 4.28. The topological polar surface area (TPSA) is 51.5 Å². The van der Waals surface area contributed by atoms with Crippen LogP contribution in [-0.2, 0) is 16.1 Å². The van der Waals surface area contributed by atoms with Gasteiger partial charge in [0.1, 0.15) is 11.8 Å². The summed E-state index contributed by atoms with van der Waals surface area (Å²) >= 11 is 0. The summed E-state index contributed by atoms with van der Waals surface area (Å²) in [4.78, 5) is 11.0. The largest absolute Gasteiger partial charge is 0.468 e. The summed E-state index contributed by atoms with van der Waals surface area (Å²) in [5.74, 6) is 0.672. The van der Waals surface area contributed by atoms with Crippen molar-refractivity contribution in [1.82, 2.24) is 5.32 Å². The summed E-state index contributed by atoms with van der Waals surface area (Å²) in [5.41, 5.74) is 0. The van der Waals surface area contributed by atoms with Crippen LogP contribution in [-0.4, -0.2) is 18.6 Å². The SMILES string of the molecule is O=C1OCCC1NCc1ccco1. The molecule has 1 fully saturated rings. The van der Waals surface area contributed by atoms with Crippen LogP contribution in [0.4, 0.5) is 0 Å². The van der Waals surface area contributed by atoms with E-state index < -0.39 is 0 Å². The molecule has 1 aliphatic rings. The van der Waals surface area contributed by atoms with E-state index in [0.717, 1.165) is 12.2 Å². The maximum atomic E-state index is 11.0. The van der Waals surface area contributed by atoms with Gasteiger partial charge in [0.2, 0.25) is 0 Å². The van der Waals surface area contributed by atoms with Crippen LogP contribution >= 0.6 is 0 Å². The van der Waals surface area contributed by atoms with Crippen molar-refractivity contribution >= 4 is 5.97 Å². The maximum Gasteiger partial charge on any atom is 0.323 e. The van der Waals surface area contributed by atoms with Gasteiger partial charge in [-0.25, -0.2) is 0 Å². The summed E-state index contributed by atoms with van der Waals surface area (Å²) < 4.78 is 9.92. The molecule has 0 radical (unpaired) electrons. The third kappa shape index (κ3) is 1.89. The number of furan rings is 1. The molecule has 4 heteroatoms. The van der Waals surface area contributed by atoms with Crippen molar-refractivity contribution in [3.63, 3.8) is 0 Å². The number of ether oxygens (including phenoxy) is 1. The Labute approximate surface area is 75.9 Å². The first-order valence-corrected chi connectivity index (χ1v) is 4.28. The fourth-order valence-electron chi connectivity index (χ4n) is 1.32. The minimum atomic E-state index is -0.162. The molecule has 2 rings (SSSR count). The van der Waals surface area contributed by atoms with E-state index >= 15 is 0 Å². The molecule has 1 saturated heterocycles. The Morgan fingerprint density at radius 2 is 2.54 bits per heavy atom. The van der Waals surface area contributed by atoms with Crippen molar-refractivity contribution in [2.45, 2.75) is 19.0 Å². The van der Waals surface area contributed by atoms with Crippen molar-refractivity contribution in [3.8, 4) is 0 Å². The standard InChI is InChI=1S/C9H11NO3/c11-9-8(3-5-13-9)10-6-7-2-1-4-12-7/h1-2,4,8,10H,3,5-6H2. The molecule has 0 saturated carbocycles. The fraction of sp³-hybridized carbons (Fsp3) is 0.444. The van der Waals surface area contributed by atoms with Crippen LogP contribution in [0.25, 0.3) is 0 Å². The summed E-state index contributed by atoms with van der Waals surface area (Å²) in [6, 6.07) is 3.53. The van der Waals surface area contributed by atoms with Gasteiger partial charge in [0, 0.05) is 6.42 Å². The first-order chi connectivity index (χ1) is 6.36. The molecule has 4 nitrogen and oxygen atoms in total. The van der Waals surface area contributed by atoms with Crippen molar-refractivity contribution in [2.24, 2.45) is 0 Å². The zero-order valence-electron chi connectivity index (χ0n) is 7.16. The third-order valence-corrected chi connectivity index (χ3v) is 2.04. The molecule has 1 aromatic rings. The number of cyclic esters (lactones) is 1. The van der Waals surface area contributed by atoms with Gasteiger partial charge in [0.25, 0.3) is 0 Å². The molecule has 2 heterocycles. The second-order valence-electron chi connectivity index (χ2n) is 2.97. The van der Waals surface area contributed by atoms with Crippen LogP contribution in [0, 0.1) is 0 Å². The first kappa shape index (κ1) is 8.31. The molecule has 13 heavy (non-hydrogen) atoms. The highest BCUT2D eigenvalue weighted by Crippen LogP contribution is 2.07. The molecule has 0 amide bonds. The number of carbonyl (C=O) groups is 1. The van der Waals surface area contributed by atoms with Crippen LogP contribution in [0.3, 0.4) is 0 Å². The predicted octanol–water partition coefficient (Wildman–Crippen LogP) is 0.685. The Morgan fingerprint density at radius 1 is 1.62 bits per heavy atom. The second kappa shape index (κ2) is 3.62. The molecule has 0 aromatic carbocycles. The van der Waals surface area contributed by atoms with Gasteiger partial charge < -0.3 is 9.15 Å². The van der Waals surface area contributed by atoms with Crippen molar-refractivity contribution in [3.05, 3.63) is 24.2 Å². The van der Waals surface area contributed by atoms with Crippen molar-refractivity contribution < 1.29 is 13.9 Å². The molecule has 0 spiro atoms. The average Bonchev–Trinajstić information content (AvgIpc) is 2.72. The Balaban J connectivity index is 1.82. The summed E-state index contributed by atoms with van der Waals surface area (Å²) in [6.07, 6.45) is 2.36. The Kier molecular flexibility index (Phi) is 2.31. The summed E-state index contributed by atoms with van der Waals surface area (Å²) in [5, 5.41) is 3.07. The highest BCUT2D eigenvalue weighted by Gasteiger charge is 2.25. The molecule has 1 aliphatic heterocycles. The Hall–Kier alpha value is -1.29. The van der Waals surface area contributed by atoms with E-state index in [1.54, 1.807) is 6.26 Å². The lowest BCUT2D eigenvalue weighted by molar-refractivity contribution is -0.139. The number of hydrogen-bond acceptors (Lipinski definition) is 4. The van der Waals surface area contributed by atoms with E-state index in [4.69, 9.17) is 9.15 Å². The van der Waals surface area contributed by atoms with Gasteiger partial charge in [-0.05, 0) is 12.1 Å². The lowest BCUT2D eigenvalue weighted by Crippen LogP contribution is -2.32. The molecule has 1 N–H and O–H groups in total. The van der Waals surface area contributed by atoms with Crippen LogP contribution in [0.1, 0.15) is 12.2 Å². The lowest BCUT2D eigenvalue weighted by Gasteiger charge is -2.05. The minimum absolute atomic E-state index is 0.161. The number of esters is 1. The van der Waals surface area contributed by atoms with E-state index in [1.807, 2.05) is 12.1 Å². The van der Waals surface area contributed by atoms with Gasteiger partial charge in [0.05, 0.1) is 19.4 Å². The van der Waals surface area contributed by atoms with E-state index in [-0.39, 0.29) is 12.0 Å². The summed E-state index contributed by atoms with van der Waals surface area (Å²) in [6.45, 7) is 1.10. The number of nitrogens with one attached hydrogen (secondary N) is 1. The fourth-order valence-corrected chi connectivity index (χ4v) is 1.32.